The second-order valence-electron chi connectivity index (χ2n) is 2.97. The molecule has 5 heteroatoms. The van der Waals surface area contributed by atoms with Gasteiger partial charge in [0, 0.05) is 12.6 Å². The van der Waals surface area contributed by atoms with Gasteiger partial charge in [-0.2, -0.15) is 0 Å². The number of aromatic nitrogens is 1. The van der Waals surface area contributed by atoms with Gasteiger partial charge in [-0.3, -0.25) is 9.36 Å². The lowest BCUT2D eigenvalue weighted by Crippen LogP contribution is -2.11. The molecule has 72 valence electrons. The Hall–Kier alpha value is -2.04. The molecule has 0 spiro atoms. The van der Waals surface area contributed by atoms with Crippen molar-refractivity contribution in [2.24, 2.45) is 12.8 Å². The standard InChI is InChI=1S/C9H8N2O3/c1-11-6-4-5(8(10)12)2-3-7(6)14-9(11)13/h2-4H,1H3,(H2,10,12). The van der Waals surface area contributed by atoms with E-state index in [4.69, 9.17) is 10.2 Å². The number of primary amides is 1. The van der Waals surface area contributed by atoms with Crippen molar-refractivity contribution in [2.75, 3.05) is 0 Å². The minimum atomic E-state index is -0.527. The summed E-state index contributed by atoms with van der Waals surface area (Å²) in [5, 5.41) is 0. The number of carbonyl (C=O) groups is 1. The summed E-state index contributed by atoms with van der Waals surface area (Å²) in [5.74, 6) is -0.984. The fourth-order valence-corrected chi connectivity index (χ4v) is 1.28. The second kappa shape index (κ2) is 2.73. The summed E-state index contributed by atoms with van der Waals surface area (Å²) in [7, 11) is 1.57. The van der Waals surface area contributed by atoms with Crippen LogP contribution < -0.4 is 11.5 Å². The molecule has 0 aliphatic carbocycles. The molecule has 0 bridgehead atoms. The molecule has 0 atom stereocenters. The Balaban J connectivity index is 2.82. The average molecular weight is 192 g/mol. The first-order chi connectivity index (χ1) is 6.59. The van der Waals surface area contributed by atoms with E-state index >= 15 is 0 Å². The molecule has 1 amide bonds. The largest absolute Gasteiger partial charge is 0.419 e. The molecular formula is C9H8N2O3. The van der Waals surface area contributed by atoms with E-state index < -0.39 is 11.7 Å². The van der Waals surface area contributed by atoms with E-state index in [-0.39, 0.29) is 0 Å². The first kappa shape index (κ1) is 8.55. The second-order valence-corrected chi connectivity index (χ2v) is 2.97. The SMILES string of the molecule is Cn1c(=O)oc2ccc(C(N)=O)cc21. The van der Waals surface area contributed by atoms with Gasteiger partial charge in [0.05, 0.1) is 5.52 Å². The lowest BCUT2D eigenvalue weighted by molar-refractivity contribution is 0.100. The number of benzene rings is 1. The monoisotopic (exact) mass is 192 g/mol. The maximum absolute atomic E-state index is 11.1. The van der Waals surface area contributed by atoms with Crippen LogP contribution in [0.4, 0.5) is 0 Å². The van der Waals surface area contributed by atoms with E-state index in [1.165, 1.54) is 16.7 Å². The van der Waals surface area contributed by atoms with Crippen LogP contribution in [0.15, 0.2) is 27.4 Å². The molecule has 0 saturated carbocycles. The first-order valence-electron chi connectivity index (χ1n) is 3.99. The van der Waals surface area contributed by atoms with Gasteiger partial charge in [0.2, 0.25) is 5.91 Å². The third-order valence-electron chi connectivity index (χ3n) is 2.08. The summed E-state index contributed by atoms with van der Waals surface area (Å²) in [6.45, 7) is 0. The van der Waals surface area contributed by atoms with Crippen LogP contribution in [0.2, 0.25) is 0 Å². The van der Waals surface area contributed by atoms with Gasteiger partial charge in [-0.05, 0) is 18.2 Å². The highest BCUT2D eigenvalue weighted by Crippen LogP contribution is 2.13. The lowest BCUT2D eigenvalue weighted by Gasteiger charge is -1.95. The molecular weight excluding hydrogens is 184 g/mol. The Morgan fingerprint density at radius 1 is 1.50 bits per heavy atom. The molecule has 0 aliphatic heterocycles. The molecule has 0 unspecified atom stereocenters. The van der Waals surface area contributed by atoms with Gasteiger partial charge in [-0.1, -0.05) is 0 Å². The highest BCUT2D eigenvalue weighted by Gasteiger charge is 2.08. The first-order valence-corrected chi connectivity index (χ1v) is 3.99. The quantitative estimate of drug-likeness (QED) is 0.702. The zero-order valence-corrected chi connectivity index (χ0v) is 7.48. The highest BCUT2D eigenvalue weighted by molar-refractivity contribution is 5.95. The van der Waals surface area contributed by atoms with Crippen LogP contribution in [0.3, 0.4) is 0 Å². The van der Waals surface area contributed by atoms with E-state index in [1.807, 2.05) is 0 Å². The number of oxazole rings is 1. The maximum Gasteiger partial charge on any atom is 0.419 e. The number of hydrogen-bond acceptors (Lipinski definition) is 3. The molecule has 0 aliphatic rings. The molecule has 0 fully saturated rings. The van der Waals surface area contributed by atoms with Crippen LogP contribution in [-0.4, -0.2) is 10.5 Å². The van der Waals surface area contributed by atoms with Crippen molar-refractivity contribution in [1.82, 2.24) is 4.57 Å². The van der Waals surface area contributed by atoms with Gasteiger partial charge in [0.15, 0.2) is 5.58 Å². The van der Waals surface area contributed by atoms with Crippen molar-refractivity contribution in [3.05, 3.63) is 34.3 Å². The minimum absolute atomic E-state index is 0.355. The maximum atomic E-state index is 11.1. The van der Waals surface area contributed by atoms with Gasteiger partial charge < -0.3 is 10.2 Å². The molecule has 0 radical (unpaired) electrons. The smallest absolute Gasteiger partial charge is 0.408 e. The predicted molar refractivity (Wildman–Crippen MR) is 50.0 cm³/mol. The van der Waals surface area contributed by atoms with Gasteiger partial charge in [-0.25, -0.2) is 4.79 Å². The Morgan fingerprint density at radius 2 is 2.21 bits per heavy atom. The number of hydrogen-bond donors (Lipinski definition) is 1. The third-order valence-corrected chi connectivity index (χ3v) is 2.08. The van der Waals surface area contributed by atoms with Gasteiger partial charge in [-0.15, -0.1) is 0 Å². The van der Waals surface area contributed by atoms with Crippen LogP contribution in [0, 0.1) is 0 Å². The molecule has 1 heterocycles. The lowest BCUT2D eigenvalue weighted by atomic mass is 10.2. The zero-order chi connectivity index (χ0) is 10.3. The Morgan fingerprint density at radius 3 is 2.86 bits per heavy atom. The van der Waals surface area contributed by atoms with E-state index in [0.717, 1.165) is 0 Å². The van der Waals surface area contributed by atoms with Crippen LogP contribution in [0.1, 0.15) is 10.4 Å². The van der Waals surface area contributed by atoms with Gasteiger partial charge in [0.25, 0.3) is 0 Å². The van der Waals surface area contributed by atoms with E-state index in [1.54, 1.807) is 13.1 Å². The van der Waals surface area contributed by atoms with Crippen LogP contribution in [0.5, 0.6) is 0 Å². The molecule has 2 rings (SSSR count). The fourth-order valence-electron chi connectivity index (χ4n) is 1.28. The van der Waals surface area contributed by atoms with E-state index in [2.05, 4.69) is 0 Å². The number of carbonyl (C=O) groups excluding carboxylic acids is 1. The number of fused-ring (bicyclic) bond motifs is 1. The summed E-state index contributed by atoms with van der Waals surface area (Å²) in [6, 6.07) is 4.60. The topological polar surface area (TPSA) is 78.2 Å². The number of rotatable bonds is 1. The molecule has 14 heavy (non-hydrogen) atoms. The van der Waals surface area contributed by atoms with Crippen molar-refractivity contribution < 1.29 is 9.21 Å². The van der Waals surface area contributed by atoms with Crippen molar-refractivity contribution in [3.63, 3.8) is 0 Å². The molecule has 0 saturated heterocycles. The number of nitrogens with zero attached hydrogens (tertiary/aromatic N) is 1. The number of nitrogens with two attached hydrogens (primary N) is 1. The van der Waals surface area contributed by atoms with Crippen LogP contribution in [-0.2, 0) is 7.05 Å². The predicted octanol–water partition coefficient (Wildman–Crippen LogP) is 0.230. The summed E-state index contributed by atoms with van der Waals surface area (Å²) in [6.07, 6.45) is 0. The van der Waals surface area contributed by atoms with Crippen LogP contribution >= 0.6 is 0 Å². The molecule has 1 aromatic heterocycles. The molecule has 5 nitrogen and oxygen atoms in total. The summed E-state index contributed by atoms with van der Waals surface area (Å²) in [5.41, 5.74) is 6.47. The van der Waals surface area contributed by atoms with Crippen molar-refractivity contribution in [3.8, 4) is 0 Å². The van der Waals surface area contributed by atoms with Crippen molar-refractivity contribution >= 4 is 17.0 Å². The van der Waals surface area contributed by atoms with Crippen molar-refractivity contribution in [2.45, 2.75) is 0 Å². The molecule has 2 N–H and O–H groups in total. The Labute approximate surface area is 78.7 Å². The molecule has 2 aromatic rings. The fraction of sp³-hybridized carbons (Fsp3) is 0.111. The van der Waals surface area contributed by atoms with E-state index in [9.17, 15) is 9.59 Å². The Bertz CT molecular complexity index is 565. The van der Waals surface area contributed by atoms with Gasteiger partial charge >= 0.3 is 5.76 Å². The minimum Gasteiger partial charge on any atom is -0.408 e. The summed E-state index contributed by atoms with van der Waals surface area (Å²) in [4.78, 5) is 22.0. The summed E-state index contributed by atoms with van der Waals surface area (Å²) >= 11 is 0. The van der Waals surface area contributed by atoms with Crippen molar-refractivity contribution in [1.29, 1.82) is 0 Å². The third kappa shape index (κ3) is 1.10. The summed E-state index contributed by atoms with van der Waals surface area (Å²) < 4.78 is 6.21. The van der Waals surface area contributed by atoms with Crippen LogP contribution in [0.25, 0.3) is 11.1 Å². The van der Waals surface area contributed by atoms with E-state index in [0.29, 0.717) is 16.7 Å². The molecule has 1 aromatic carbocycles. The zero-order valence-electron chi connectivity index (χ0n) is 7.48. The van der Waals surface area contributed by atoms with Gasteiger partial charge in [0.1, 0.15) is 0 Å². The number of aryl methyl sites for hydroxylation is 1. The highest BCUT2D eigenvalue weighted by atomic mass is 16.4. The average Bonchev–Trinajstić information content (AvgIpc) is 2.43. The Kier molecular flexibility index (Phi) is 1.67. The normalized spacial score (nSPS) is 10.6. The number of amides is 1.